The predicted molar refractivity (Wildman–Crippen MR) is 80.5 cm³/mol. The summed E-state index contributed by atoms with van der Waals surface area (Å²) in [6.07, 6.45) is 3.44. The summed E-state index contributed by atoms with van der Waals surface area (Å²) in [5.74, 6) is -0.0253. The van der Waals surface area contributed by atoms with Gasteiger partial charge in [-0.05, 0) is 48.7 Å². The number of aromatic nitrogens is 1. The molecule has 0 aliphatic carbocycles. The van der Waals surface area contributed by atoms with Crippen molar-refractivity contribution in [1.29, 1.82) is 0 Å². The highest BCUT2D eigenvalue weighted by atomic mass is 16.1. The normalized spacial score (nSPS) is 10.1. The number of aryl methyl sites for hydroxylation is 1. The number of rotatable bonds is 5. The number of hydrogen-bond acceptors (Lipinski definition) is 3. The smallest absolute Gasteiger partial charge is 0.239 e. The summed E-state index contributed by atoms with van der Waals surface area (Å²) in [4.78, 5) is 15.7. The topological polar surface area (TPSA) is 54.0 Å². The Morgan fingerprint density at radius 2 is 1.90 bits per heavy atom. The fourth-order valence-corrected chi connectivity index (χ4v) is 1.88. The highest BCUT2D eigenvalue weighted by Crippen LogP contribution is 2.17. The Kier molecular flexibility index (Phi) is 4.71. The van der Waals surface area contributed by atoms with Crippen LogP contribution >= 0.6 is 0 Å². The van der Waals surface area contributed by atoms with E-state index in [1.165, 1.54) is 11.1 Å². The molecular weight excluding hydrogens is 250 g/mol. The lowest BCUT2D eigenvalue weighted by Gasteiger charge is -2.11. The first kappa shape index (κ1) is 14.1. The molecule has 0 spiro atoms. The number of carbonyl (C=O) groups excluding carboxylic acids is 1. The predicted octanol–water partition coefficient (Wildman–Crippen LogP) is 2.43. The molecule has 0 unspecified atom stereocenters. The Balaban J connectivity index is 1.82. The average Bonchev–Trinajstić information content (AvgIpc) is 2.48. The summed E-state index contributed by atoms with van der Waals surface area (Å²) in [6.45, 7) is 4.90. The fourth-order valence-electron chi connectivity index (χ4n) is 1.88. The van der Waals surface area contributed by atoms with Crippen molar-refractivity contribution in [2.45, 2.75) is 20.4 Å². The third kappa shape index (κ3) is 3.82. The molecule has 0 saturated carbocycles. The van der Waals surface area contributed by atoms with Crippen molar-refractivity contribution in [2.75, 3.05) is 11.9 Å². The van der Waals surface area contributed by atoms with Gasteiger partial charge in [0.15, 0.2) is 0 Å². The molecular formula is C16H19N3O. The highest BCUT2D eigenvalue weighted by Gasteiger charge is 2.04. The minimum absolute atomic E-state index is 0.0253. The molecule has 0 saturated heterocycles. The Hall–Kier alpha value is -2.36. The van der Waals surface area contributed by atoms with Gasteiger partial charge in [0, 0.05) is 24.6 Å². The van der Waals surface area contributed by atoms with Crippen molar-refractivity contribution < 1.29 is 4.79 Å². The second-order valence-electron chi connectivity index (χ2n) is 4.73. The molecule has 4 heteroatoms. The van der Waals surface area contributed by atoms with E-state index in [4.69, 9.17) is 0 Å². The van der Waals surface area contributed by atoms with Gasteiger partial charge in [-0.2, -0.15) is 0 Å². The van der Waals surface area contributed by atoms with Crippen LogP contribution in [0.5, 0.6) is 0 Å². The molecule has 1 aromatic heterocycles. The Bertz CT molecular complexity index is 582. The molecule has 1 aromatic carbocycles. The molecule has 20 heavy (non-hydrogen) atoms. The second kappa shape index (κ2) is 6.70. The van der Waals surface area contributed by atoms with Crippen molar-refractivity contribution in [3.05, 3.63) is 59.4 Å². The van der Waals surface area contributed by atoms with Gasteiger partial charge in [0.1, 0.15) is 0 Å². The first-order valence-corrected chi connectivity index (χ1v) is 6.62. The Morgan fingerprint density at radius 3 is 2.65 bits per heavy atom. The lowest BCUT2D eigenvalue weighted by atomic mass is 10.1. The van der Waals surface area contributed by atoms with E-state index in [1.807, 2.05) is 31.2 Å². The van der Waals surface area contributed by atoms with Crippen LogP contribution in [0, 0.1) is 13.8 Å². The first-order valence-electron chi connectivity index (χ1n) is 6.62. The molecule has 104 valence electrons. The summed E-state index contributed by atoms with van der Waals surface area (Å²) < 4.78 is 0. The number of benzene rings is 1. The van der Waals surface area contributed by atoms with Crippen LogP contribution in [0.15, 0.2) is 42.7 Å². The van der Waals surface area contributed by atoms with Crippen LogP contribution in [-0.4, -0.2) is 17.4 Å². The molecule has 2 aromatic rings. The van der Waals surface area contributed by atoms with Crippen molar-refractivity contribution in [1.82, 2.24) is 10.3 Å². The van der Waals surface area contributed by atoms with Crippen molar-refractivity contribution >= 4 is 11.6 Å². The largest absolute Gasteiger partial charge is 0.376 e. The summed E-state index contributed by atoms with van der Waals surface area (Å²) in [7, 11) is 0. The maximum Gasteiger partial charge on any atom is 0.239 e. The molecule has 0 bridgehead atoms. The van der Waals surface area contributed by atoms with Gasteiger partial charge in [0.25, 0.3) is 0 Å². The maximum absolute atomic E-state index is 11.8. The van der Waals surface area contributed by atoms with E-state index in [0.717, 1.165) is 11.3 Å². The number of nitrogens with zero attached hydrogens (tertiary/aromatic N) is 1. The van der Waals surface area contributed by atoms with Crippen LogP contribution < -0.4 is 10.6 Å². The summed E-state index contributed by atoms with van der Waals surface area (Å²) >= 11 is 0. The lowest BCUT2D eigenvalue weighted by Crippen LogP contribution is -2.29. The van der Waals surface area contributed by atoms with E-state index in [2.05, 4.69) is 28.6 Å². The maximum atomic E-state index is 11.8. The average molecular weight is 269 g/mol. The van der Waals surface area contributed by atoms with Gasteiger partial charge in [-0.15, -0.1) is 0 Å². The second-order valence-corrected chi connectivity index (χ2v) is 4.73. The molecule has 0 aliphatic rings. The van der Waals surface area contributed by atoms with E-state index in [0.29, 0.717) is 6.54 Å². The van der Waals surface area contributed by atoms with Crippen LogP contribution in [0.2, 0.25) is 0 Å². The lowest BCUT2D eigenvalue weighted by molar-refractivity contribution is -0.119. The molecule has 0 aliphatic heterocycles. The van der Waals surface area contributed by atoms with Crippen LogP contribution in [0.1, 0.15) is 16.7 Å². The quantitative estimate of drug-likeness (QED) is 0.876. The molecule has 2 rings (SSSR count). The number of anilines is 1. The molecule has 0 radical (unpaired) electrons. The molecule has 4 nitrogen and oxygen atoms in total. The van der Waals surface area contributed by atoms with Crippen LogP contribution in [-0.2, 0) is 11.3 Å². The van der Waals surface area contributed by atoms with Crippen LogP contribution in [0.3, 0.4) is 0 Å². The molecule has 0 fully saturated rings. The fraction of sp³-hybridized carbons (Fsp3) is 0.250. The summed E-state index contributed by atoms with van der Waals surface area (Å²) in [6, 6.07) is 9.80. The van der Waals surface area contributed by atoms with Crippen molar-refractivity contribution in [3.8, 4) is 0 Å². The summed E-state index contributed by atoms with van der Waals surface area (Å²) in [5, 5.41) is 6.04. The van der Waals surface area contributed by atoms with Crippen LogP contribution in [0.4, 0.5) is 5.69 Å². The summed E-state index contributed by atoms with van der Waals surface area (Å²) in [5.41, 5.74) is 4.44. The molecule has 0 atom stereocenters. The van der Waals surface area contributed by atoms with Crippen LogP contribution in [0.25, 0.3) is 0 Å². The first-order chi connectivity index (χ1) is 9.66. The van der Waals surface area contributed by atoms with Gasteiger partial charge in [0.05, 0.1) is 6.54 Å². The molecule has 1 heterocycles. The monoisotopic (exact) mass is 269 g/mol. The van der Waals surface area contributed by atoms with Gasteiger partial charge in [-0.1, -0.05) is 12.1 Å². The van der Waals surface area contributed by atoms with E-state index in [9.17, 15) is 4.79 Å². The van der Waals surface area contributed by atoms with Gasteiger partial charge < -0.3 is 10.6 Å². The molecule has 1 amide bonds. The molecule has 2 N–H and O–H groups in total. The third-order valence-electron chi connectivity index (χ3n) is 3.28. The third-order valence-corrected chi connectivity index (χ3v) is 3.28. The van der Waals surface area contributed by atoms with E-state index < -0.39 is 0 Å². The number of amides is 1. The van der Waals surface area contributed by atoms with Gasteiger partial charge in [0.2, 0.25) is 5.91 Å². The highest BCUT2D eigenvalue weighted by molar-refractivity contribution is 5.81. The zero-order valence-corrected chi connectivity index (χ0v) is 11.8. The van der Waals surface area contributed by atoms with E-state index >= 15 is 0 Å². The van der Waals surface area contributed by atoms with E-state index in [-0.39, 0.29) is 12.5 Å². The van der Waals surface area contributed by atoms with Crippen molar-refractivity contribution in [2.24, 2.45) is 0 Å². The van der Waals surface area contributed by atoms with Gasteiger partial charge >= 0.3 is 0 Å². The minimum atomic E-state index is -0.0253. The number of pyridine rings is 1. The zero-order chi connectivity index (χ0) is 14.4. The van der Waals surface area contributed by atoms with Gasteiger partial charge in [-0.3, -0.25) is 9.78 Å². The number of nitrogens with one attached hydrogen (secondary N) is 2. The number of hydrogen-bond donors (Lipinski definition) is 2. The Labute approximate surface area is 119 Å². The number of carbonyl (C=O) groups is 1. The SMILES string of the molecule is Cc1cccc(NCC(=O)NCc2ccncc2)c1C. The standard InChI is InChI=1S/C16H19N3O/c1-12-4-3-5-15(13(12)2)18-11-16(20)19-10-14-6-8-17-9-7-14/h3-9,18H,10-11H2,1-2H3,(H,19,20). The minimum Gasteiger partial charge on any atom is -0.376 e. The Morgan fingerprint density at radius 1 is 1.15 bits per heavy atom. The zero-order valence-electron chi connectivity index (χ0n) is 11.8. The van der Waals surface area contributed by atoms with E-state index in [1.54, 1.807) is 12.4 Å². The van der Waals surface area contributed by atoms with Gasteiger partial charge in [-0.25, -0.2) is 0 Å². The van der Waals surface area contributed by atoms with Crippen molar-refractivity contribution in [3.63, 3.8) is 0 Å².